The van der Waals surface area contributed by atoms with E-state index < -0.39 is 5.82 Å². The number of nitrogens with zero attached hydrogens (tertiary/aromatic N) is 3. The molecule has 0 radical (unpaired) electrons. The molecule has 6 nitrogen and oxygen atoms in total. The van der Waals surface area contributed by atoms with E-state index in [1.54, 1.807) is 19.1 Å². The van der Waals surface area contributed by atoms with E-state index in [1.807, 2.05) is 0 Å². The molecule has 0 spiro atoms. The number of hydrogen-bond acceptors (Lipinski definition) is 6. The fourth-order valence-corrected chi connectivity index (χ4v) is 1.25. The summed E-state index contributed by atoms with van der Waals surface area (Å²) in [6.45, 7) is 1.27. The lowest BCUT2D eigenvalue weighted by Gasteiger charge is -2.18. The molecule has 0 bridgehead atoms. The van der Waals surface area contributed by atoms with Crippen molar-refractivity contribution in [2.75, 3.05) is 37.6 Å². The maximum absolute atomic E-state index is 13.4. The summed E-state index contributed by atoms with van der Waals surface area (Å²) in [6, 6.07) is 0. The van der Waals surface area contributed by atoms with E-state index in [1.165, 1.54) is 0 Å². The largest absolute Gasteiger partial charge is 0.385 e. The van der Waals surface area contributed by atoms with Crippen LogP contribution >= 0.6 is 0 Å². The molecule has 0 aliphatic rings. The smallest absolute Gasteiger partial charge is 0.239 e. The summed E-state index contributed by atoms with van der Waals surface area (Å²) in [5.41, 5.74) is 2.28. The number of ether oxygens (including phenoxy) is 1. The molecule has 1 aromatic rings. The molecule has 0 amide bonds. The number of aromatic nitrogens is 2. The number of methoxy groups -OCH3 is 1. The number of hydrazine groups is 1. The van der Waals surface area contributed by atoms with Crippen molar-refractivity contribution in [2.45, 2.75) is 6.42 Å². The van der Waals surface area contributed by atoms with E-state index in [2.05, 4.69) is 15.4 Å². The van der Waals surface area contributed by atoms with Gasteiger partial charge in [0, 0.05) is 27.3 Å². The van der Waals surface area contributed by atoms with Crippen molar-refractivity contribution < 1.29 is 9.13 Å². The van der Waals surface area contributed by atoms with Crippen molar-refractivity contribution in [3.05, 3.63) is 12.0 Å². The van der Waals surface area contributed by atoms with Gasteiger partial charge in [-0.1, -0.05) is 0 Å². The van der Waals surface area contributed by atoms with Crippen LogP contribution in [0.15, 0.2) is 6.20 Å². The maximum Gasteiger partial charge on any atom is 0.239 e. The summed E-state index contributed by atoms with van der Waals surface area (Å²) in [7, 11) is 3.38. The zero-order chi connectivity index (χ0) is 12.0. The normalized spacial score (nSPS) is 10.2. The third-order valence-electron chi connectivity index (χ3n) is 2.06. The number of hydrogen-bond donors (Lipinski definition) is 2. The first-order chi connectivity index (χ1) is 7.69. The quantitative estimate of drug-likeness (QED) is 0.417. The molecule has 3 N–H and O–H groups in total. The monoisotopic (exact) mass is 229 g/mol. The molecule has 0 saturated heterocycles. The second kappa shape index (κ2) is 6.19. The first kappa shape index (κ1) is 12.6. The van der Waals surface area contributed by atoms with Gasteiger partial charge in [-0.2, -0.15) is 4.98 Å². The molecule has 0 saturated carbocycles. The van der Waals surface area contributed by atoms with E-state index in [0.29, 0.717) is 13.2 Å². The molecule has 0 aliphatic carbocycles. The number of nitrogen functional groups attached to an aromatic ring is 1. The summed E-state index contributed by atoms with van der Waals surface area (Å²) in [6.07, 6.45) is 1.88. The molecule has 0 atom stereocenters. The molecular formula is C9H16FN5O. The van der Waals surface area contributed by atoms with Gasteiger partial charge >= 0.3 is 0 Å². The van der Waals surface area contributed by atoms with Crippen LogP contribution < -0.4 is 16.2 Å². The highest BCUT2D eigenvalue weighted by Crippen LogP contribution is 2.15. The van der Waals surface area contributed by atoms with Gasteiger partial charge in [0.05, 0.1) is 6.20 Å². The second-order valence-corrected chi connectivity index (χ2v) is 3.28. The van der Waals surface area contributed by atoms with E-state index in [9.17, 15) is 4.39 Å². The minimum atomic E-state index is -0.473. The Balaban J connectivity index is 2.69. The van der Waals surface area contributed by atoms with Gasteiger partial charge in [0.1, 0.15) is 0 Å². The lowest BCUT2D eigenvalue weighted by molar-refractivity contribution is 0.196. The van der Waals surface area contributed by atoms with Crippen LogP contribution in [0.2, 0.25) is 0 Å². The fraction of sp³-hybridized carbons (Fsp3) is 0.556. The van der Waals surface area contributed by atoms with Crippen LogP contribution in [0.4, 0.5) is 16.2 Å². The molecule has 0 unspecified atom stereocenters. The van der Waals surface area contributed by atoms with E-state index >= 15 is 0 Å². The Bertz CT molecular complexity index is 336. The van der Waals surface area contributed by atoms with Gasteiger partial charge in [0.15, 0.2) is 11.6 Å². The molecule has 1 rings (SSSR count). The van der Waals surface area contributed by atoms with Crippen LogP contribution in [0.3, 0.4) is 0 Å². The predicted octanol–water partition coefficient (Wildman–Crippen LogP) is 0.374. The molecule has 7 heteroatoms. The lowest BCUT2D eigenvalue weighted by Crippen LogP contribution is -2.23. The van der Waals surface area contributed by atoms with Gasteiger partial charge in [-0.3, -0.25) is 5.43 Å². The topological polar surface area (TPSA) is 76.3 Å². The van der Waals surface area contributed by atoms with Crippen LogP contribution in [0.5, 0.6) is 0 Å². The molecular weight excluding hydrogens is 213 g/mol. The highest BCUT2D eigenvalue weighted by molar-refractivity contribution is 5.42. The van der Waals surface area contributed by atoms with Crippen LogP contribution in [-0.4, -0.2) is 37.3 Å². The molecule has 90 valence electrons. The summed E-state index contributed by atoms with van der Waals surface area (Å²) < 4.78 is 18.3. The standard InChI is InChI=1S/C9H16FN5O/c1-15(4-3-5-16-2)8-7(10)6-12-9(13-8)14-11/h6H,3-5,11H2,1-2H3,(H,12,13,14). The second-order valence-electron chi connectivity index (χ2n) is 3.28. The van der Waals surface area contributed by atoms with E-state index in [4.69, 9.17) is 10.6 Å². The Morgan fingerprint density at radius 2 is 2.38 bits per heavy atom. The van der Waals surface area contributed by atoms with Gasteiger partial charge in [0.2, 0.25) is 5.95 Å². The molecule has 0 fully saturated rings. The number of nitrogens with two attached hydrogens (primary N) is 1. The van der Waals surface area contributed by atoms with Gasteiger partial charge in [-0.05, 0) is 6.42 Å². The maximum atomic E-state index is 13.4. The van der Waals surface area contributed by atoms with Gasteiger partial charge in [-0.15, -0.1) is 0 Å². The first-order valence-electron chi connectivity index (χ1n) is 4.88. The third-order valence-corrected chi connectivity index (χ3v) is 2.06. The van der Waals surface area contributed by atoms with Crippen molar-refractivity contribution in [2.24, 2.45) is 5.84 Å². The number of nitrogens with one attached hydrogen (secondary N) is 1. The number of halogens is 1. The van der Waals surface area contributed by atoms with Crippen LogP contribution in [0.1, 0.15) is 6.42 Å². The van der Waals surface area contributed by atoms with Crippen molar-refractivity contribution in [3.8, 4) is 0 Å². The Morgan fingerprint density at radius 1 is 1.62 bits per heavy atom. The molecule has 16 heavy (non-hydrogen) atoms. The van der Waals surface area contributed by atoms with Crippen LogP contribution in [0, 0.1) is 5.82 Å². The average Bonchev–Trinajstić information content (AvgIpc) is 2.30. The zero-order valence-corrected chi connectivity index (χ0v) is 9.40. The van der Waals surface area contributed by atoms with E-state index in [0.717, 1.165) is 12.6 Å². The lowest BCUT2D eigenvalue weighted by atomic mass is 10.4. The van der Waals surface area contributed by atoms with E-state index in [-0.39, 0.29) is 11.8 Å². The molecule has 1 aromatic heterocycles. The van der Waals surface area contributed by atoms with Gasteiger partial charge < -0.3 is 9.64 Å². The average molecular weight is 229 g/mol. The summed E-state index contributed by atoms with van der Waals surface area (Å²) >= 11 is 0. The SMILES string of the molecule is COCCCN(C)c1nc(NN)ncc1F. The third kappa shape index (κ3) is 3.28. The van der Waals surface area contributed by atoms with Crippen molar-refractivity contribution in [1.29, 1.82) is 0 Å². The highest BCUT2D eigenvalue weighted by Gasteiger charge is 2.10. The zero-order valence-electron chi connectivity index (χ0n) is 9.40. The van der Waals surface area contributed by atoms with Crippen LogP contribution in [-0.2, 0) is 4.74 Å². The summed E-state index contributed by atoms with van der Waals surface area (Å²) in [5, 5.41) is 0. The van der Waals surface area contributed by atoms with Crippen molar-refractivity contribution >= 4 is 11.8 Å². The summed E-state index contributed by atoms with van der Waals surface area (Å²) in [5.74, 6) is 5.09. The minimum Gasteiger partial charge on any atom is -0.385 e. The minimum absolute atomic E-state index is 0.190. The van der Waals surface area contributed by atoms with Gasteiger partial charge in [0.25, 0.3) is 0 Å². The van der Waals surface area contributed by atoms with Crippen molar-refractivity contribution in [1.82, 2.24) is 9.97 Å². The van der Waals surface area contributed by atoms with Crippen molar-refractivity contribution in [3.63, 3.8) is 0 Å². The highest BCUT2D eigenvalue weighted by atomic mass is 19.1. The summed E-state index contributed by atoms with van der Waals surface area (Å²) in [4.78, 5) is 9.29. The predicted molar refractivity (Wildman–Crippen MR) is 59.6 cm³/mol. The Morgan fingerprint density at radius 3 is 3.00 bits per heavy atom. The number of rotatable bonds is 6. The first-order valence-corrected chi connectivity index (χ1v) is 4.88. The Kier molecular flexibility index (Phi) is 4.87. The fourth-order valence-electron chi connectivity index (χ4n) is 1.25. The Hall–Kier alpha value is -1.47. The van der Waals surface area contributed by atoms with Gasteiger partial charge in [-0.25, -0.2) is 15.2 Å². The van der Waals surface area contributed by atoms with Crippen LogP contribution in [0.25, 0.3) is 0 Å². The Labute approximate surface area is 93.6 Å². The molecule has 0 aliphatic heterocycles. The number of anilines is 2. The molecule has 0 aromatic carbocycles. The molecule has 1 heterocycles.